The number of H-pyrrole nitrogens is 1. The van der Waals surface area contributed by atoms with E-state index in [1.807, 2.05) is 30.3 Å². The first kappa shape index (κ1) is 17.1. The van der Waals surface area contributed by atoms with E-state index in [4.69, 9.17) is 24.4 Å². The zero-order chi connectivity index (χ0) is 18.4. The van der Waals surface area contributed by atoms with Crippen LogP contribution in [-0.2, 0) is 25.8 Å². The minimum Gasteiger partial charge on any atom is -0.341 e. The van der Waals surface area contributed by atoms with Crippen molar-refractivity contribution in [1.82, 2.24) is 14.9 Å². The Hall–Kier alpha value is -2.04. The van der Waals surface area contributed by atoms with Gasteiger partial charge >= 0.3 is 0 Å². The number of imidazole rings is 1. The Kier molecular flexibility index (Phi) is 4.33. The predicted molar refractivity (Wildman–Crippen MR) is 111 cm³/mol. The summed E-state index contributed by atoms with van der Waals surface area (Å²) in [6.45, 7) is 1.98. The Morgan fingerprint density at radius 1 is 1.11 bits per heavy atom. The number of fused-ring (bicyclic) bond motifs is 2. The summed E-state index contributed by atoms with van der Waals surface area (Å²) in [5, 5.41) is 0.842. The molecule has 2 aliphatic rings. The van der Waals surface area contributed by atoms with Gasteiger partial charge < -0.3 is 4.98 Å². The standard InChI is InChI=1S/C22H21BClN3/c23-19-4-2-1-3-18(19)22-25-20-9-10-27(13-21(20)26-22)17-8-6-14-5-7-16(24)11-15(14)12-17/h1-5,7,11,17H,6,8-10,12-13H2,(H,25,26). The highest BCUT2D eigenvalue weighted by Gasteiger charge is 2.29. The maximum atomic E-state index is 6.21. The summed E-state index contributed by atoms with van der Waals surface area (Å²) in [6.07, 6.45) is 4.40. The van der Waals surface area contributed by atoms with Crippen LogP contribution in [0.2, 0.25) is 5.02 Å². The molecule has 1 unspecified atom stereocenters. The summed E-state index contributed by atoms with van der Waals surface area (Å²) >= 11 is 6.21. The molecule has 0 saturated heterocycles. The molecule has 3 aromatic rings. The minimum absolute atomic E-state index is 0.567. The van der Waals surface area contributed by atoms with Gasteiger partial charge in [-0.1, -0.05) is 47.4 Å². The summed E-state index contributed by atoms with van der Waals surface area (Å²) < 4.78 is 0. The number of rotatable bonds is 2. The van der Waals surface area contributed by atoms with Crippen molar-refractivity contribution in [3.8, 4) is 11.4 Å². The van der Waals surface area contributed by atoms with Crippen molar-refractivity contribution in [2.24, 2.45) is 0 Å². The summed E-state index contributed by atoms with van der Waals surface area (Å²) in [7, 11) is 6.13. The van der Waals surface area contributed by atoms with Gasteiger partial charge in [-0.25, -0.2) is 4.98 Å². The maximum absolute atomic E-state index is 6.21. The molecule has 1 aromatic heterocycles. The lowest BCUT2D eigenvalue weighted by Gasteiger charge is -2.37. The molecule has 2 radical (unpaired) electrons. The third-order valence-electron chi connectivity index (χ3n) is 5.96. The lowest BCUT2D eigenvalue weighted by atomic mass is 9.87. The molecular weight excluding hydrogens is 353 g/mol. The van der Waals surface area contributed by atoms with Crippen LogP contribution in [0.1, 0.15) is 28.9 Å². The predicted octanol–water partition coefficient (Wildman–Crippen LogP) is 3.44. The third-order valence-corrected chi connectivity index (χ3v) is 6.20. The maximum Gasteiger partial charge on any atom is 0.137 e. The second kappa shape index (κ2) is 6.85. The number of benzene rings is 2. The molecule has 5 rings (SSSR count). The van der Waals surface area contributed by atoms with Gasteiger partial charge in [-0.15, -0.1) is 0 Å². The minimum atomic E-state index is 0.567. The largest absolute Gasteiger partial charge is 0.341 e. The van der Waals surface area contributed by atoms with Crippen LogP contribution in [0.15, 0.2) is 42.5 Å². The smallest absolute Gasteiger partial charge is 0.137 e. The molecule has 2 aromatic carbocycles. The molecule has 134 valence electrons. The number of aryl methyl sites for hydroxylation is 1. The Bertz CT molecular complexity index is 997. The number of aromatic amines is 1. The Balaban J connectivity index is 1.37. The number of nitrogens with zero attached hydrogens (tertiary/aromatic N) is 2. The van der Waals surface area contributed by atoms with Crippen LogP contribution in [0.5, 0.6) is 0 Å². The third kappa shape index (κ3) is 3.22. The quantitative estimate of drug-likeness (QED) is 0.698. The summed E-state index contributed by atoms with van der Waals surface area (Å²) in [4.78, 5) is 11.0. The Labute approximate surface area is 166 Å². The van der Waals surface area contributed by atoms with Crippen molar-refractivity contribution in [2.45, 2.75) is 38.3 Å². The molecule has 1 N–H and O–H groups in total. The van der Waals surface area contributed by atoms with Gasteiger partial charge in [-0.3, -0.25) is 4.90 Å². The van der Waals surface area contributed by atoms with Crippen LogP contribution in [0, 0.1) is 0 Å². The Morgan fingerprint density at radius 2 is 2.00 bits per heavy atom. The van der Waals surface area contributed by atoms with Crippen LogP contribution in [0.3, 0.4) is 0 Å². The van der Waals surface area contributed by atoms with E-state index in [1.165, 1.54) is 28.9 Å². The fourth-order valence-corrected chi connectivity index (χ4v) is 4.68. The highest BCUT2D eigenvalue weighted by Crippen LogP contribution is 2.30. The second-order valence-corrected chi connectivity index (χ2v) is 8.06. The molecule has 0 spiro atoms. The second-order valence-electron chi connectivity index (χ2n) is 7.63. The van der Waals surface area contributed by atoms with E-state index in [2.05, 4.69) is 22.0 Å². The van der Waals surface area contributed by atoms with Gasteiger partial charge in [0.2, 0.25) is 0 Å². The van der Waals surface area contributed by atoms with E-state index in [1.54, 1.807) is 0 Å². The molecule has 0 bridgehead atoms. The van der Waals surface area contributed by atoms with Crippen molar-refractivity contribution in [2.75, 3.05) is 6.54 Å². The van der Waals surface area contributed by atoms with Crippen LogP contribution in [0.4, 0.5) is 0 Å². The van der Waals surface area contributed by atoms with Gasteiger partial charge in [-0.2, -0.15) is 0 Å². The summed E-state index contributed by atoms with van der Waals surface area (Å²) in [5.41, 5.74) is 7.03. The first-order valence-electron chi connectivity index (χ1n) is 9.61. The van der Waals surface area contributed by atoms with Gasteiger partial charge in [0.05, 0.1) is 11.4 Å². The number of hydrogen-bond acceptors (Lipinski definition) is 2. The Morgan fingerprint density at radius 3 is 2.89 bits per heavy atom. The molecule has 2 heterocycles. The van der Waals surface area contributed by atoms with Crippen molar-refractivity contribution < 1.29 is 0 Å². The van der Waals surface area contributed by atoms with E-state index in [9.17, 15) is 0 Å². The molecule has 1 atom stereocenters. The average molecular weight is 374 g/mol. The van der Waals surface area contributed by atoms with Crippen molar-refractivity contribution in [1.29, 1.82) is 0 Å². The van der Waals surface area contributed by atoms with Crippen LogP contribution in [0.25, 0.3) is 11.4 Å². The van der Waals surface area contributed by atoms with Crippen molar-refractivity contribution in [3.05, 3.63) is 70.0 Å². The SMILES string of the molecule is [B]c1ccccc1-c1nc2c([nH]1)CN(C1CCc3ccc(Cl)cc3C1)CC2. The molecule has 1 aliphatic heterocycles. The molecule has 27 heavy (non-hydrogen) atoms. The summed E-state index contributed by atoms with van der Waals surface area (Å²) in [6, 6.07) is 14.8. The molecule has 0 saturated carbocycles. The highest BCUT2D eigenvalue weighted by atomic mass is 35.5. The highest BCUT2D eigenvalue weighted by molar-refractivity contribution is 6.35. The normalized spacial score (nSPS) is 19.5. The average Bonchev–Trinajstić information content (AvgIpc) is 3.10. The van der Waals surface area contributed by atoms with Gasteiger partial charge in [0, 0.05) is 36.1 Å². The molecule has 0 amide bonds. The molecule has 5 heteroatoms. The van der Waals surface area contributed by atoms with Crippen LogP contribution in [-0.4, -0.2) is 35.3 Å². The number of hydrogen-bond donors (Lipinski definition) is 1. The first-order chi connectivity index (χ1) is 13.2. The monoisotopic (exact) mass is 373 g/mol. The van der Waals surface area contributed by atoms with E-state index in [0.29, 0.717) is 6.04 Å². The number of nitrogens with one attached hydrogen (secondary N) is 1. The summed E-state index contributed by atoms with van der Waals surface area (Å²) in [5.74, 6) is 0.890. The lowest BCUT2D eigenvalue weighted by molar-refractivity contribution is 0.160. The number of aromatic nitrogens is 2. The van der Waals surface area contributed by atoms with Crippen molar-refractivity contribution in [3.63, 3.8) is 0 Å². The van der Waals surface area contributed by atoms with Crippen LogP contribution < -0.4 is 5.46 Å². The van der Waals surface area contributed by atoms with Crippen LogP contribution >= 0.6 is 11.6 Å². The first-order valence-corrected chi connectivity index (χ1v) is 9.99. The van der Waals surface area contributed by atoms with E-state index in [-0.39, 0.29) is 0 Å². The molecular formula is C22H21BClN3. The molecule has 1 aliphatic carbocycles. The zero-order valence-electron chi connectivity index (χ0n) is 15.2. The zero-order valence-corrected chi connectivity index (χ0v) is 16.0. The fraction of sp³-hybridized carbons (Fsp3) is 0.318. The van der Waals surface area contributed by atoms with Gasteiger partial charge in [-0.05, 0) is 42.5 Å². The van der Waals surface area contributed by atoms with Crippen molar-refractivity contribution >= 4 is 24.9 Å². The van der Waals surface area contributed by atoms with E-state index in [0.717, 1.165) is 54.2 Å². The van der Waals surface area contributed by atoms with E-state index >= 15 is 0 Å². The molecule has 3 nitrogen and oxygen atoms in total. The van der Waals surface area contributed by atoms with E-state index < -0.39 is 0 Å². The fourth-order valence-electron chi connectivity index (χ4n) is 4.48. The molecule has 0 fully saturated rings. The van der Waals surface area contributed by atoms with Gasteiger partial charge in [0.25, 0.3) is 0 Å². The van der Waals surface area contributed by atoms with Gasteiger partial charge in [0.15, 0.2) is 0 Å². The van der Waals surface area contributed by atoms with Gasteiger partial charge in [0.1, 0.15) is 13.7 Å². The lowest BCUT2D eigenvalue weighted by Crippen LogP contribution is -2.42. The topological polar surface area (TPSA) is 31.9 Å². The number of halogens is 1.